The summed E-state index contributed by atoms with van der Waals surface area (Å²) in [6, 6.07) is 0. The zero-order valence-corrected chi connectivity index (χ0v) is 8.18. The summed E-state index contributed by atoms with van der Waals surface area (Å²) in [5.41, 5.74) is 5.01. The predicted molar refractivity (Wildman–Crippen MR) is 48.2 cm³/mol. The van der Waals surface area contributed by atoms with E-state index >= 15 is 0 Å². The van der Waals surface area contributed by atoms with Gasteiger partial charge in [0.2, 0.25) is 0 Å². The number of nitrogens with two attached hydrogens (primary N) is 1. The Bertz CT molecular complexity index is 463. The van der Waals surface area contributed by atoms with E-state index in [0.717, 1.165) is 0 Å². The molecule has 1 heterocycles. The molecule has 0 saturated carbocycles. The maximum absolute atomic E-state index is 10.6. The summed E-state index contributed by atoms with van der Waals surface area (Å²) in [7, 11) is -3.74. The maximum Gasteiger partial charge on any atom is 0.300 e. The van der Waals surface area contributed by atoms with Gasteiger partial charge in [-0.3, -0.25) is 10.1 Å². The van der Waals surface area contributed by atoms with Crippen molar-refractivity contribution in [3.8, 4) is 0 Å². The predicted octanol–water partition coefficient (Wildman–Crippen LogP) is -0.279. The van der Waals surface area contributed by atoms with Crippen LogP contribution in [0.3, 0.4) is 0 Å². The Balaban J connectivity index is 3.48. The number of nitro groups is 1. The molecule has 0 radical (unpaired) electrons. The molecule has 0 aromatic carbocycles. The second kappa shape index (κ2) is 3.30. The first-order chi connectivity index (χ1) is 5.95. The van der Waals surface area contributed by atoms with E-state index in [-0.39, 0.29) is 10.7 Å². The van der Waals surface area contributed by atoms with Gasteiger partial charge >= 0.3 is 0 Å². The van der Waals surface area contributed by atoms with Gasteiger partial charge < -0.3 is 5.73 Å². The summed E-state index contributed by atoms with van der Waals surface area (Å²) in [5, 5.41) is 10.2. The van der Waals surface area contributed by atoms with E-state index in [1.54, 1.807) is 0 Å². The van der Waals surface area contributed by atoms with Crippen molar-refractivity contribution in [1.29, 1.82) is 0 Å². The van der Waals surface area contributed by atoms with E-state index < -0.39 is 23.6 Å². The Kier molecular flexibility index (Phi) is 2.52. The monoisotopic (exact) mass is 222 g/mol. The molecular formula is C5H6N2O4S2. The van der Waals surface area contributed by atoms with E-state index in [1.165, 1.54) is 13.0 Å². The normalized spacial score (nSPS) is 21.6. The van der Waals surface area contributed by atoms with Crippen LogP contribution >= 0.6 is 0 Å². The molecule has 0 bridgehead atoms. The van der Waals surface area contributed by atoms with E-state index in [4.69, 9.17) is 5.73 Å². The van der Waals surface area contributed by atoms with Crippen LogP contribution in [0.25, 0.3) is 0 Å². The third-order valence-electron chi connectivity index (χ3n) is 1.42. The summed E-state index contributed by atoms with van der Waals surface area (Å²) in [6.45, 7) is 1.50. The van der Waals surface area contributed by atoms with Crippen LogP contribution in [0.15, 0.2) is 21.7 Å². The summed E-state index contributed by atoms with van der Waals surface area (Å²) < 4.78 is 21.3. The van der Waals surface area contributed by atoms with Crippen molar-refractivity contribution in [2.75, 3.05) is 0 Å². The first-order valence-corrected chi connectivity index (χ1v) is 5.93. The highest BCUT2D eigenvalue weighted by Gasteiger charge is 2.26. The first kappa shape index (κ1) is 9.93. The third-order valence-corrected chi connectivity index (χ3v) is 5.14. The van der Waals surface area contributed by atoms with Crippen molar-refractivity contribution in [3.05, 3.63) is 31.8 Å². The van der Waals surface area contributed by atoms with Crippen LogP contribution in [0.4, 0.5) is 0 Å². The van der Waals surface area contributed by atoms with Gasteiger partial charge in [0, 0.05) is 20.4 Å². The molecule has 72 valence electrons. The van der Waals surface area contributed by atoms with E-state index in [1.807, 2.05) is 0 Å². The topological polar surface area (TPSA) is 103 Å². The van der Waals surface area contributed by atoms with Crippen LogP contribution in [0.2, 0.25) is 0 Å². The van der Waals surface area contributed by atoms with Gasteiger partial charge in [-0.2, -0.15) is 8.42 Å². The largest absolute Gasteiger partial charge is 0.387 e. The van der Waals surface area contributed by atoms with Gasteiger partial charge in [-0.1, -0.05) is 0 Å². The minimum absolute atomic E-state index is 0.184. The van der Waals surface area contributed by atoms with Gasteiger partial charge in [0.25, 0.3) is 15.0 Å². The number of rotatable bonds is 1. The molecule has 1 atom stereocenters. The molecule has 0 aromatic rings. The second-order valence-corrected chi connectivity index (χ2v) is 6.08. The summed E-state index contributed by atoms with van der Waals surface area (Å²) in [4.78, 5) is 10.1. The van der Waals surface area contributed by atoms with E-state index in [9.17, 15) is 18.5 Å². The van der Waals surface area contributed by atoms with Gasteiger partial charge in [-0.05, 0) is 6.92 Å². The van der Waals surface area contributed by atoms with Gasteiger partial charge in [0.05, 0.1) is 4.92 Å². The molecule has 0 spiro atoms. The van der Waals surface area contributed by atoms with Crippen LogP contribution in [0, 0.1) is 10.1 Å². The molecule has 1 aliphatic rings. The Hall–Kier alpha value is -1.15. The minimum atomic E-state index is -2.42. The Morgan fingerprint density at radius 1 is 1.62 bits per heavy atom. The lowest BCUT2D eigenvalue weighted by atomic mass is 10.4. The summed E-state index contributed by atoms with van der Waals surface area (Å²) in [5.74, 6) is 0. The number of allylic oxidation sites excluding steroid dienone is 2. The molecule has 0 saturated heterocycles. The van der Waals surface area contributed by atoms with Crippen molar-refractivity contribution >= 4 is 18.7 Å². The zero-order chi connectivity index (χ0) is 10.2. The molecule has 0 aromatic heterocycles. The van der Waals surface area contributed by atoms with E-state index in [0.29, 0.717) is 4.91 Å². The van der Waals surface area contributed by atoms with Gasteiger partial charge in [-0.15, -0.1) is 0 Å². The Morgan fingerprint density at radius 2 is 2.15 bits per heavy atom. The standard InChI is InChI=1S/C5H6N2O4S2/c1-3-2-4(7(8)9)5(6)12(3)13(10)11/h2H,6H2,1H3. The quantitative estimate of drug-likeness (QED) is 0.485. The fourth-order valence-electron chi connectivity index (χ4n) is 0.909. The van der Waals surface area contributed by atoms with Crippen molar-refractivity contribution in [2.45, 2.75) is 6.92 Å². The second-order valence-electron chi connectivity index (χ2n) is 2.23. The highest BCUT2D eigenvalue weighted by Crippen LogP contribution is 2.23. The lowest BCUT2D eigenvalue weighted by molar-refractivity contribution is -0.419. The zero-order valence-electron chi connectivity index (χ0n) is 6.55. The summed E-state index contributed by atoms with van der Waals surface area (Å²) >= 11 is 0. The highest BCUT2D eigenvalue weighted by molar-refractivity contribution is 8.37. The van der Waals surface area contributed by atoms with Gasteiger partial charge in [-0.25, -0.2) is 0 Å². The SMILES string of the molecule is CC1=CC([N+](=O)[O-])=C(N)S1=S(=O)=O. The van der Waals surface area contributed by atoms with Crippen LogP contribution in [-0.4, -0.2) is 13.3 Å². The number of hydrogen-bond acceptors (Lipinski definition) is 5. The van der Waals surface area contributed by atoms with Crippen molar-refractivity contribution in [2.24, 2.45) is 5.73 Å². The summed E-state index contributed by atoms with van der Waals surface area (Å²) in [6.07, 6.45) is 1.19. The van der Waals surface area contributed by atoms with Crippen LogP contribution in [0.5, 0.6) is 0 Å². The molecule has 0 amide bonds. The molecule has 6 nitrogen and oxygen atoms in total. The number of hydrogen-bond donors (Lipinski definition) is 1. The average molecular weight is 222 g/mol. The Morgan fingerprint density at radius 3 is 2.38 bits per heavy atom. The average Bonchev–Trinajstić information content (AvgIpc) is 2.26. The third kappa shape index (κ3) is 1.63. The van der Waals surface area contributed by atoms with Crippen LogP contribution in [0.1, 0.15) is 6.92 Å². The highest BCUT2D eigenvalue weighted by atomic mass is 32.9. The van der Waals surface area contributed by atoms with Crippen molar-refractivity contribution in [3.63, 3.8) is 0 Å². The van der Waals surface area contributed by atoms with Crippen molar-refractivity contribution < 1.29 is 13.3 Å². The maximum atomic E-state index is 10.6. The fraction of sp³-hybridized carbons (Fsp3) is 0.200. The molecule has 0 fully saturated rings. The molecule has 8 heteroatoms. The Labute approximate surface area is 77.0 Å². The molecule has 1 unspecified atom stereocenters. The van der Waals surface area contributed by atoms with Crippen LogP contribution < -0.4 is 5.73 Å². The molecule has 1 aliphatic heterocycles. The first-order valence-electron chi connectivity index (χ1n) is 3.11. The molecule has 2 N–H and O–H groups in total. The molecule has 13 heavy (non-hydrogen) atoms. The van der Waals surface area contributed by atoms with Crippen LogP contribution in [-0.2, 0) is 18.7 Å². The van der Waals surface area contributed by atoms with Gasteiger partial charge in [0.15, 0.2) is 5.03 Å². The van der Waals surface area contributed by atoms with E-state index in [2.05, 4.69) is 0 Å². The minimum Gasteiger partial charge on any atom is -0.387 e. The lowest BCUT2D eigenvalue weighted by Gasteiger charge is -1.93. The fourth-order valence-corrected chi connectivity index (χ4v) is 3.64. The molecular weight excluding hydrogens is 216 g/mol. The lowest BCUT2D eigenvalue weighted by Crippen LogP contribution is -2.08. The molecule has 1 rings (SSSR count). The molecule has 0 aliphatic carbocycles. The smallest absolute Gasteiger partial charge is 0.300 e. The number of nitrogens with zero attached hydrogens (tertiary/aromatic N) is 1. The van der Waals surface area contributed by atoms with Gasteiger partial charge in [0.1, 0.15) is 0 Å². The van der Waals surface area contributed by atoms with Crippen molar-refractivity contribution in [1.82, 2.24) is 0 Å².